The minimum Gasteiger partial charge on any atom is -0.444 e. The SMILES string of the molecule is CC(C)(C)OC(=O)N(C(CC=O)C1CC1)C(C)(C)C. The zero-order chi connectivity index (χ0) is 14.8. The summed E-state index contributed by atoms with van der Waals surface area (Å²) in [5, 5.41) is 0. The maximum Gasteiger partial charge on any atom is 0.410 e. The quantitative estimate of drug-likeness (QED) is 0.735. The number of amides is 1. The highest BCUT2D eigenvalue weighted by molar-refractivity contribution is 5.70. The summed E-state index contributed by atoms with van der Waals surface area (Å²) in [5.41, 5.74) is -0.867. The number of hydrogen-bond donors (Lipinski definition) is 0. The molecule has 0 aromatic rings. The Labute approximate surface area is 116 Å². The monoisotopic (exact) mass is 269 g/mol. The van der Waals surface area contributed by atoms with Crippen LogP contribution in [-0.4, -0.2) is 34.5 Å². The van der Waals surface area contributed by atoms with Gasteiger partial charge in [-0.2, -0.15) is 0 Å². The molecule has 1 aliphatic carbocycles. The molecule has 1 atom stereocenters. The largest absolute Gasteiger partial charge is 0.444 e. The number of nitrogens with zero attached hydrogens (tertiary/aromatic N) is 1. The minimum absolute atomic E-state index is 0.0349. The number of rotatable bonds is 4. The highest BCUT2D eigenvalue weighted by Crippen LogP contribution is 2.39. The number of hydrogen-bond acceptors (Lipinski definition) is 3. The van der Waals surface area contributed by atoms with E-state index in [1.54, 1.807) is 4.90 Å². The molecule has 0 saturated heterocycles. The molecule has 0 aromatic heterocycles. The lowest BCUT2D eigenvalue weighted by Gasteiger charge is -2.42. The lowest BCUT2D eigenvalue weighted by molar-refractivity contribution is -0.109. The van der Waals surface area contributed by atoms with Gasteiger partial charge in [0.05, 0.1) is 0 Å². The Kier molecular flexibility index (Phi) is 4.64. The number of carbonyl (C=O) groups excluding carboxylic acids is 2. The Morgan fingerprint density at radius 3 is 2.11 bits per heavy atom. The summed E-state index contributed by atoms with van der Waals surface area (Å²) in [6, 6.07) is -0.0349. The van der Waals surface area contributed by atoms with Gasteiger partial charge in [0.25, 0.3) is 0 Å². The number of ether oxygens (including phenoxy) is 1. The van der Waals surface area contributed by atoms with Crippen molar-refractivity contribution in [3.8, 4) is 0 Å². The fourth-order valence-corrected chi connectivity index (χ4v) is 2.31. The molecule has 1 amide bonds. The van der Waals surface area contributed by atoms with Crippen LogP contribution in [0.2, 0.25) is 0 Å². The summed E-state index contributed by atoms with van der Waals surface area (Å²) in [7, 11) is 0. The third-order valence-corrected chi connectivity index (χ3v) is 3.15. The fourth-order valence-electron chi connectivity index (χ4n) is 2.31. The van der Waals surface area contributed by atoms with Gasteiger partial charge in [0.1, 0.15) is 11.9 Å². The smallest absolute Gasteiger partial charge is 0.410 e. The first-order chi connectivity index (χ1) is 8.56. The van der Waals surface area contributed by atoms with Gasteiger partial charge in [-0.1, -0.05) is 0 Å². The Hall–Kier alpha value is -1.06. The normalized spacial score (nSPS) is 17.8. The Morgan fingerprint density at radius 2 is 1.79 bits per heavy atom. The maximum atomic E-state index is 12.4. The minimum atomic E-state index is -0.518. The van der Waals surface area contributed by atoms with Crippen molar-refractivity contribution in [2.75, 3.05) is 0 Å². The van der Waals surface area contributed by atoms with Gasteiger partial charge in [-0.05, 0) is 60.3 Å². The van der Waals surface area contributed by atoms with Crippen LogP contribution in [-0.2, 0) is 9.53 Å². The standard InChI is InChI=1S/C15H27NO3/c1-14(2,3)16(13(18)19-15(4,5)6)12(9-10-17)11-7-8-11/h10-12H,7-9H2,1-6H3. The van der Waals surface area contributed by atoms with Crippen LogP contribution >= 0.6 is 0 Å². The summed E-state index contributed by atoms with van der Waals surface area (Å²) < 4.78 is 5.50. The van der Waals surface area contributed by atoms with Gasteiger partial charge in [-0.25, -0.2) is 4.79 Å². The molecule has 110 valence electrons. The molecule has 4 heteroatoms. The van der Waals surface area contributed by atoms with Crippen LogP contribution < -0.4 is 0 Å². The Balaban J connectivity index is 2.93. The zero-order valence-corrected chi connectivity index (χ0v) is 13.0. The van der Waals surface area contributed by atoms with E-state index in [0.29, 0.717) is 12.3 Å². The van der Waals surface area contributed by atoms with Gasteiger partial charge < -0.3 is 9.53 Å². The predicted molar refractivity (Wildman–Crippen MR) is 75.0 cm³/mol. The first kappa shape index (κ1) is 16.0. The van der Waals surface area contributed by atoms with Crippen molar-refractivity contribution in [1.82, 2.24) is 4.90 Å². The van der Waals surface area contributed by atoms with Crippen molar-refractivity contribution in [3.63, 3.8) is 0 Å². The van der Waals surface area contributed by atoms with E-state index in [-0.39, 0.29) is 17.7 Å². The van der Waals surface area contributed by atoms with Crippen LogP contribution in [0.1, 0.15) is 60.8 Å². The molecule has 1 unspecified atom stereocenters. The molecule has 1 fully saturated rings. The van der Waals surface area contributed by atoms with E-state index in [1.165, 1.54) is 0 Å². The van der Waals surface area contributed by atoms with Crippen molar-refractivity contribution in [2.45, 2.75) is 78.0 Å². The first-order valence-electron chi connectivity index (χ1n) is 7.02. The van der Waals surface area contributed by atoms with Crippen molar-refractivity contribution >= 4 is 12.4 Å². The second-order valence-electron chi connectivity index (χ2n) is 7.33. The molecular weight excluding hydrogens is 242 g/mol. The summed E-state index contributed by atoms with van der Waals surface area (Å²) in [6.07, 6.45) is 3.16. The highest BCUT2D eigenvalue weighted by atomic mass is 16.6. The van der Waals surface area contributed by atoms with Gasteiger partial charge in [-0.15, -0.1) is 0 Å². The lowest BCUT2D eigenvalue weighted by Crippen LogP contribution is -2.54. The van der Waals surface area contributed by atoms with E-state index < -0.39 is 5.60 Å². The first-order valence-corrected chi connectivity index (χ1v) is 7.02. The Bertz CT molecular complexity index is 334. The summed E-state index contributed by atoms with van der Waals surface area (Å²) in [6.45, 7) is 11.5. The lowest BCUT2D eigenvalue weighted by atomic mass is 9.99. The second kappa shape index (κ2) is 5.51. The van der Waals surface area contributed by atoms with E-state index in [1.807, 2.05) is 41.5 Å². The third-order valence-electron chi connectivity index (χ3n) is 3.15. The summed E-state index contributed by atoms with van der Waals surface area (Å²) in [4.78, 5) is 25.1. The van der Waals surface area contributed by atoms with E-state index >= 15 is 0 Å². The predicted octanol–water partition coefficient (Wildman–Crippen LogP) is 3.39. The molecule has 4 nitrogen and oxygen atoms in total. The van der Waals surface area contributed by atoms with E-state index in [2.05, 4.69) is 0 Å². The van der Waals surface area contributed by atoms with Crippen molar-refractivity contribution in [2.24, 2.45) is 5.92 Å². The third kappa shape index (κ3) is 4.84. The van der Waals surface area contributed by atoms with Gasteiger partial charge in [0, 0.05) is 18.0 Å². The molecule has 1 aliphatic rings. The van der Waals surface area contributed by atoms with E-state index in [4.69, 9.17) is 4.74 Å². The molecule has 0 radical (unpaired) electrons. The topological polar surface area (TPSA) is 46.6 Å². The number of aldehydes is 1. The summed E-state index contributed by atoms with van der Waals surface area (Å²) >= 11 is 0. The maximum absolute atomic E-state index is 12.4. The fraction of sp³-hybridized carbons (Fsp3) is 0.867. The molecule has 0 N–H and O–H groups in total. The van der Waals surface area contributed by atoms with Crippen LogP contribution in [0.15, 0.2) is 0 Å². The second-order valence-corrected chi connectivity index (χ2v) is 7.33. The van der Waals surface area contributed by atoms with Gasteiger partial charge in [0.15, 0.2) is 0 Å². The van der Waals surface area contributed by atoms with Gasteiger partial charge in [0.2, 0.25) is 0 Å². The van der Waals surface area contributed by atoms with Gasteiger partial charge >= 0.3 is 6.09 Å². The zero-order valence-electron chi connectivity index (χ0n) is 13.0. The van der Waals surface area contributed by atoms with Crippen LogP contribution in [0.5, 0.6) is 0 Å². The molecule has 0 spiro atoms. The van der Waals surface area contributed by atoms with Crippen LogP contribution in [0.25, 0.3) is 0 Å². The van der Waals surface area contributed by atoms with Crippen molar-refractivity contribution in [3.05, 3.63) is 0 Å². The van der Waals surface area contributed by atoms with E-state index in [9.17, 15) is 9.59 Å². The molecular formula is C15H27NO3. The van der Waals surface area contributed by atoms with Crippen LogP contribution in [0, 0.1) is 5.92 Å². The van der Waals surface area contributed by atoms with E-state index in [0.717, 1.165) is 19.1 Å². The molecule has 0 aromatic carbocycles. The molecule has 0 heterocycles. The van der Waals surface area contributed by atoms with Crippen LogP contribution in [0.4, 0.5) is 4.79 Å². The average Bonchev–Trinajstić information content (AvgIpc) is 2.94. The molecule has 1 rings (SSSR count). The van der Waals surface area contributed by atoms with Crippen LogP contribution in [0.3, 0.4) is 0 Å². The average molecular weight is 269 g/mol. The Morgan fingerprint density at radius 1 is 1.26 bits per heavy atom. The molecule has 0 bridgehead atoms. The van der Waals surface area contributed by atoms with Crippen molar-refractivity contribution < 1.29 is 14.3 Å². The summed E-state index contributed by atoms with van der Waals surface area (Å²) in [5.74, 6) is 0.442. The molecule has 0 aliphatic heterocycles. The molecule has 1 saturated carbocycles. The number of carbonyl (C=O) groups is 2. The molecule has 19 heavy (non-hydrogen) atoms. The van der Waals surface area contributed by atoms with Crippen molar-refractivity contribution in [1.29, 1.82) is 0 Å². The van der Waals surface area contributed by atoms with Gasteiger partial charge in [-0.3, -0.25) is 4.90 Å². The highest BCUT2D eigenvalue weighted by Gasteiger charge is 2.43.